The highest BCUT2D eigenvalue weighted by Gasteiger charge is 2.28. The molecule has 0 atom stereocenters. The number of hydrogen-bond acceptors (Lipinski definition) is 4. The van der Waals surface area contributed by atoms with Crippen LogP contribution in [0.3, 0.4) is 0 Å². The van der Waals surface area contributed by atoms with Gasteiger partial charge in [0.15, 0.2) is 0 Å². The largest absolute Gasteiger partial charge is 0.514 e. The van der Waals surface area contributed by atoms with Crippen LogP contribution in [0.5, 0.6) is 5.75 Å². The van der Waals surface area contributed by atoms with Crippen molar-refractivity contribution in [3.05, 3.63) is 29.8 Å². The lowest BCUT2D eigenvalue weighted by atomic mass is 9.75. The third-order valence-electron chi connectivity index (χ3n) is 3.85. The van der Waals surface area contributed by atoms with Crippen molar-refractivity contribution in [3.8, 4) is 5.75 Å². The summed E-state index contributed by atoms with van der Waals surface area (Å²) >= 11 is 0. The van der Waals surface area contributed by atoms with Crippen LogP contribution in [0.2, 0.25) is 0 Å². The number of hydrogen-bond donors (Lipinski definition) is 1. The Balaban J connectivity index is 2.00. The Labute approximate surface area is 126 Å². The number of carbonyl (C=O) groups is 1. The Morgan fingerprint density at radius 3 is 2.24 bits per heavy atom. The fraction of sp³-hybridized carbons (Fsp3) is 0.588. The summed E-state index contributed by atoms with van der Waals surface area (Å²) in [6, 6.07) is 7.77. The van der Waals surface area contributed by atoms with E-state index in [0.29, 0.717) is 5.75 Å². The predicted octanol–water partition coefficient (Wildman–Crippen LogP) is 3.64. The highest BCUT2D eigenvalue weighted by molar-refractivity contribution is 5.64. The predicted molar refractivity (Wildman–Crippen MR) is 82.8 cm³/mol. The van der Waals surface area contributed by atoms with Crippen LogP contribution in [0.15, 0.2) is 24.3 Å². The van der Waals surface area contributed by atoms with Crippen LogP contribution in [-0.4, -0.2) is 24.8 Å². The van der Waals surface area contributed by atoms with Crippen LogP contribution in [-0.2, 0) is 10.2 Å². The summed E-state index contributed by atoms with van der Waals surface area (Å²) in [4.78, 5) is 11.6. The lowest BCUT2D eigenvalue weighted by Gasteiger charge is -2.34. The number of benzene rings is 1. The fourth-order valence-electron chi connectivity index (χ4n) is 2.56. The molecule has 2 rings (SSSR count). The molecule has 4 heteroatoms. The Hall–Kier alpha value is -1.55. The average molecular weight is 291 g/mol. The van der Waals surface area contributed by atoms with Gasteiger partial charge in [0.1, 0.15) is 11.4 Å². The third-order valence-corrected chi connectivity index (χ3v) is 3.85. The molecular weight excluding hydrogens is 266 g/mol. The summed E-state index contributed by atoms with van der Waals surface area (Å²) in [6.45, 7) is 9.83. The van der Waals surface area contributed by atoms with Gasteiger partial charge in [-0.25, -0.2) is 4.79 Å². The van der Waals surface area contributed by atoms with Gasteiger partial charge >= 0.3 is 6.16 Å². The molecule has 0 saturated carbocycles. The van der Waals surface area contributed by atoms with Gasteiger partial charge in [-0.3, -0.25) is 0 Å². The summed E-state index contributed by atoms with van der Waals surface area (Å²) in [5, 5.41) is 3.38. The van der Waals surface area contributed by atoms with Crippen molar-refractivity contribution in [2.75, 3.05) is 13.1 Å². The van der Waals surface area contributed by atoms with Gasteiger partial charge in [-0.1, -0.05) is 19.1 Å². The van der Waals surface area contributed by atoms with E-state index in [9.17, 15) is 4.79 Å². The molecule has 0 aromatic heterocycles. The van der Waals surface area contributed by atoms with Gasteiger partial charge in [0.05, 0.1) is 0 Å². The normalized spacial score (nSPS) is 18.1. The number of piperidine rings is 1. The van der Waals surface area contributed by atoms with Crippen molar-refractivity contribution in [3.63, 3.8) is 0 Å². The third kappa shape index (κ3) is 4.46. The molecule has 1 aliphatic rings. The molecular formula is C17H25NO3. The molecule has 1 aliphatic heterocycles. The topological polar surface area (TPSA) is 47.6 Å². The number of nitrogens with one attached hydrogen (secondary N) is 1. The molecule has 1 saturated heterocycles. The van der Waals surface area contributed by atoms with Gasteiger partial charge in [-0.15, -0.1) is 0 Å². The van der Waals surface area contributed by atoms with Gasteiger partial charge in [-0.2, -0.15) is 0 Å². The van der Waals surface area contributed by atoms with Crippen molar-refractivity contribution in [1.29, 1.82) is 0 Å². The van der Waals surface area contributed by atoms with Crippen molar-refractivity contribution in [1.82, 2.24) is 5.32 Å². The second kappa shape index (κ2) is 6.06. The zero-order valence-electron chi connectivity index (χ0n) is 13.4. The van der Waals surface area contributed by atoms with E-state index >= 15 is 0 Å². The molecule has 4 nitrogen and oxygen atoms in total. The molecule has 1 aromatic carbocycles. The van der Waals surface area contributed by atoms with Crippen LogP contribution >= 0.6 is 0 Å². The maximum atomic E-state index is 11.6. The second-order valence-corrected chi connectivity index (χ2v) is 6.90. The SMILES string of the molecule is CC(C)(C)OC(=O)Oc1ccc(C2(C)CCNCC2)cc1. The Morgan fingerprint density at radius 1 is 1.14 bits per heavy atom. The summed E-state index contributed by atoms with van der Waals surface area (Å²) in [7, 11) is 0. The number of carbonyl (C=O) groups excluding carboxylic acids is 1. The standard InChI is InChI=1S/C17H25NO3/c1-16(2,3)21-15(19)20-14-7-5-13(6-8-14)17(4)9-11-18-12-10-17/h5-8,18H,9-12H2,1-4H3. The fourth-order valence-corrected chi connectivity index (χ4v) is 2.56. The Bertz CT molecular complexity index is 482. The molecule has 0 amide bonds. The summed E-state index contributed by atoms with van der Waals surface area (Å²) < 4.78 is 10.3. The minimum Gasteiger partial charge on any atom is -0.428 e. The molecule has 1 aromatic rings. The maximum Gasteiger partial charge on any atom is 0.514 e. The van der Waals surface area contributed by atoms with E-state index in [1.54, 1.807) is 0 Å². The van der Waals surface area contributed by atoms with Crippen molar-refractivity contribution in [2.45, 2.75) is 51.6 Å². The van der Waals surface area contributed by atoms with Crippen LogP contribution < -0.4 is 10.1 Å². The van der Waals surface area contributed by atoms with E-state index in [0.717, 1.165) is 25.9 Å². The lowest BCUT2D eigenvalue weighted by molar-refractivity contribution is 0.0206. The van der Waals surface area contributed by atoms with E-state index in [2.05, 4.69) is 12.2 Å². The highest BCUT2D eigenvalue weighted by Crippen LogP contribution is 2.33. The van der Waals surface area contributed by atoms with Crippen LogP contribution in [0.1, 0.15) is 46.1 Å². The number of ether oxygens (including phenoxy) is 2. The van der Waals surface area contributed by atoms with E-state index in [4.69, 9.17) is 9.47 Å². The summed E-state index contributed by atoms with van der Waals surface area (Å²) in [6.07, 6.45) is 1.58. The molecule has 116 valence electrons. The smallest absolute Gasteiger partial charge is 0.428 e. The Morgan fingerprint density at radius 2 is 1.71 bits per heavy atom. The monoisotopic (exact) mass is 291 g/mol. The molecule has 1 heterocycles. The maximum absolute atomic E-state index is 11.6. The minimum atomic E-state index is -0.664. The summed E-state index contributed by atoms with van der Waals surface area (Å²) in [5.74, 6) is 0.519. The highest BCUT2D eigenvalue weighted by atomic mass is 16.7. The molecule has 0 spiro atoms. The molecule has 1 N–H and O–H groups in total. The van der Waals surface area contributed by atoms with Gasteiger partial charge in [-0.05, 0) is 69.8 Å². The van der Waals surface area contributed by atoms with Crippen LogP contribution in [0.25, 0.3) is 0 Å². The second-order valence-electron chi connectivity index (χ2n) is 6.90. The van der Waals surface area contributed by atoms with Crippen molar-refractivity contribution < 1.29 is 14.3 Å². The van der Waals surface area contributed by atoms with Gasteiger partial charge in [0.2, 0.25) is 0 Å². The number of rotatable bonds is 2. The van der Waals surface area contributed by atoms with E-state index in [-0.39, 0.29) is 5.41 Å². The van der Waals surface area contributed by atoms with E-state index in [1.807, 2.05) is 45.0 Å². The zero-order chi connectivity index (χ0) is 15.5. The van der Waals surface area contributed by atoms with Gasteiger partial charge in [0, 0.05) is 0 Å². The van der Waals surface area contributed by atoms with Gasteiger partial charge in [0.25, 0.3) is 0 Å². The van der Waals surface area contributed by atoms with Crippen molar-refractivity contribution >= 4 is 6.16 Å². The molecule has 0 bridgehead atoms. The molecule has 0 aliphatic carbocycles. The van der Waals surface area contributed by atoms with E-state index < -0.39 is 11.8 Å². The van der Waals surface area contributed by atoms with E-state index in [1.165, 1.54) is 5.56 Å². The first-order valence-electron chi connectivity index (χ1n) is 7.51. The summed E-state index contributed by atoms with van der Waals surface area (Å²) in [5.41, 5.74) is 0.954. The molecule has 21 heavy (non-hydrogen) atoms. The molecule has 0 unspecified atom stereocenters. The Kier molecular flexibility index (Phi) is 4.57. The minimum absolute atomic E-state index is 0.204. The molecule has 1 fully saturated rings. The zero-order valence-corrected chi connectivity index (χ0v) is 13.4. The lowest BCUT2D eigenvalue weighted by Crippen LogP contribution is -2.37. The molecule has 0 radical (unpaired) electrons. The quantitative estimate of drug-likeness (QED) is 0.667. The average Bonchev–Trinajstić information content (AvgIpc) is 2.38. The van der Waals surface area contributed by atoms with Crippen molar-refractivity contribution in [2.24, 2.45) is 0 Å². The first-order chi connectivity index (χ1) is 9.78. The van der Waals surface area contributed by atoms with Crippen LogP contribution in [0.4, 0.5) is 4.79 Å². The first kappa shape index (κ1) is 15.8. The van der Waals surface area contributed by atoms with Crippen LogP contribution in [0, 0.1) is 0 Å². The first-order valence-corrected chi connectivity index (χ1v) is 7.51. The van der Waals surface area contributed by atoms with Gasteiger partial charge < -0.3 is 14.8 Å².